The summed E-state index contributed by atoms with van der Waals surface area (Å²) in [6.45, 7) is 2.48. The Kier molecular flexibility index (Phi) is 3.27. The summed E-state index contributed by atoms with van der Waals surface area (Å²) in [6.07, 6.45) is 1.66. The van der Waals surface area contributed by atoms with Crippen LogP contribution < -0.4 is 0 Å². The summed E-state index contributed by atoms with van der Waals surface area (Å²) >= 11 is 0. The lowest BCUT2D eigenvalue weighted by atomic mass is 10.1. The molecule has 1 aliphatic rings. The molecule has 0 aromatic carbocycles. The number of aliphatic carboxylic acids is 1. The second-order valence-corrected chi connectivity index (χ2v) is 4.17. The Morgan fingerprint density at radius 1 is 1.46 bits per heavy atom. The van der Waals surface area contributed by atoms with E-state index >= 15 is 0 Å². The van der Waals surface area contributed by atoms with Crippen molar-refractivity contribution in [2.24, 2.45) is 0 Å². The monoisotopic (exact) mass is 188 g/mol. The summed E-state index contributed by atoms with van der Waals surface area (Å²) in [6, 6.07) is 0. The van der Waals surface area contributed by atoms with Gasteiger partial charge >= 0.3 is 5.97 Å². The van der Waals surface area contributed by atoms with Crippen LogP contribution in [-0.2, 0) is 4.79 Å². The van der Waals surface area contributed by atoms with Crippen molar-refractivity contribution in [3.63, 3.8) is 0 Å². The third kappa shape index (κ3) is 3.32. The molecule has 1 aliphatic heterocycles. The number of carboxylic acids is 1. The molecule has 0 aliphatic carbocycles. The van der Waals surface area contributed by atoms with Crippen molar-refractivity contribution < 1.29 is 19.5 Å². The fourth-order valence-electron chi connectivity index (χ4n) is 1.77. The first kappa shape index (κ1) is 10.5. The van der Waals surface area contributed by atoms with Crippen LogP contribution in [0.15, 0.2) is 0 Å². The molecule has 1 rings (SSSR count). The SMILES string of the molecule is C[N+]1(CCC(=O)O)CCC(O)CC1. The lowest BCUT2D eigenvalue weighted by Gasteiger charge is -2.39. The zero-order chi connectivity index (χ0) is 9.90. The van der Waals surface area contributed by atoms with Gasteiger partial charge < -0.3 is 14.7 Å². The summed E-state index contributed by atoms with van der Waals surface area (Å²) in [5.41, 5.74) is 0. The summed E-state index contributed by atoms with van der Waals surface area (Å²) in [4.78, 5) is 10.4. The molecule has 0 aromatic rings. The van der Waals surface area contributed by atoms with E-state index in [4.69, 9.17) is 5.11 Å². The molecule has 0 aromatic heterocycles. The van der Waals surface area contributed by atoms with Gasteiger partial charge in [0.2, 0.25) is 0 Å². The van der Waals surface area contributed by atoms with Gasteiger partial charge in [-0.3, -0.25) is 4.79 Å². The lowest BCUT2D eigenvalue weighted by molar-refractivity contribution is -0.914. The molecule has 0 radical (unpaired) electrons. The van der Waals surface area contributed by atoms with Gasteiger partial charge in [0.15, 0.2) is 0 Å². The van der Waals surface area contributed by atoms with E-state index < -0.39 is 5.97 Å². The van der Waals surface area contributed by atoms with Gasteiger partial charge in [-0.25, -0.2) is 0 Å². The van der Waals surface area contributed by atoms with Crippen LogP contribution >= 0.6 is 0 Å². The van der Waals surface area contributed by atoms with E-state index in [2.05, 4.69) is 7.05 Å². The molecule has 0 spiro atoms. The van der Waals surface area contributed by atoms with Crippen molar-refractivity contribution >= 4 is 5.97 Å². The number of aliphatic hydroxyl groups excluding tert-OH is 1. The van der Waals surface area contributed by atoms with Crippen LogP contribution in [0.3, 0.4) is 0 Å². The number of quaternary nitrogens is 1. The molecule has 0 atom stereocenters. The summed E-state index contributed by atoms with van der Waals surface area (Å²) in [7, 11) is 2.06. The van der Waals surface area contributed by atoms with E-state index in [9.17, 15) is 9.90 Å². The Morgan fingerprint density at radius 3 is 2.46 bits per heavy atom. The highest BCUT2D eigenvalue weighted by molar-refractivity contribution is 5.66. The number of hydrogen-bond acceptors (Lipinski definition) is 2. The molecule has 0 bridgehead atoms. The second-order valence-electron chi connectivity index (χ2n) is 4.17. The first-order chi connectivity index (χ1) is 6.02. The molecule has 1 heterocycles. The van der Waals surface area contributed by atoms with Crippen LogP contribution in [-0.4, -0.2) is 53.5 Å². The average molecular weight is 188 g/mol. The summed E-state index contributed by atoms with van der Waals surface area (Å²) < 4.78 is 0.795. The van der Waals surface area contributed by atoms with Gasteiger partial charge in [-0.2, -0.15) is 0 Å². The van der Waals surface area contributed by atoms with Gasteiger partial charge in [0.1, 0.15) is 0 Å². The maximum absolute atomic E-state index is 10.4. The molecule has 1 fully saturated rings. The third-order valence-corrected chi connectivity index (χ3v) is 2.87. The highest BCUT2D eigenvalue weighted by Crippen LogP contribution is 2.17. The van der Waals surface area contributed by atoms with E-state index in [0.29, 0.717) is 6.54 Å². The zero-order valence-corrected chi connectivity index (χ0v) is 8.07. The van der Waals surface area contributed by atoms with E-state index in [0.717, 1.165) is 30.4 Å². The van der Waals surface area contributed by atoms with Crippen LogP contribution in [0.5, 0.6) is 0 Å². The smallest absolute Gasteiger partial charge is 0.309 e. The van der Waals surface area contributed by atoms with Gasteiger partial charge in [0.05, 0.1) is 39.2 Å². The van der Waals surface area contributed by atoms with Crippen molar-refractivity contribution in [1.29, 1.82) is 0 Å². The molecule has 4 nitrogen and oxygen atoms in total. The quantitative estimate of drug-likeness (QED) is 0.616. The van der Waals surface area contributed by atoms with Crippen molar-refractivity contribution in [2.75, 3.05) is 26.7 Å². The zero-order valence-electron chi connectivity index (χ0n) is 8.07. The number of likely N-dealkylation sites (tertiary alicyclic amines) is 1. The minimum atomic E-state index is -0.731. The molecule has 0 amide bonds. The molecule has 0 unspecified atom stereocenters. The van der Waals surface area contributed by atoms with Crippen LogP contribution in [0.2, 0.25) is 0 Å². The minimum Gasteiger partial charge on any atom is -0.481 e. The highest BCUT2D eigenvalue weighted by Gasteiger charge is 2.29. The average Bonchev–Trinajstić information content (AvgIpc) is 2.08. The topological polar surface area (TPSA) is 57.5 Å². The Labute approximate surface area is 78.4 Å². The molecule has 4 heteroatoms. The van der Waals surface area contributed by atoms with Gasteiger partial charge in [-0.1, -0.05) is 0 Å². The molecular weight excluding hydrogens is 170 g/mol. The Hall–Kier alpha value is -0.610. The van der Waals surface area contributed by atoms with Gasteiger partial charge in [0.25, 0.3) is 0 Å². The maximum Gasteiger partial charge on any atom is 0.309 e. The predicted octanol–water partition coefficient (Wildman–Crippen LogP) is 0.0624. The molecule has 1 saturated heterocycles. The number of aliphatic hydroxyl groups is 1. The number of carboxylic acid groups (broad SMARTS) is 1. The second kappa shape index (κ2) is 4.07. The molecule has 2 N–H and O–H groups in total. The van der Waals surface area contributed by atoms with E-state index in [-0.39, 0.29) is 12.5 Å². The number of hydrogen-bond donors (Lipinski definition) is 2. The van der Waals surface area contributed by atoms with E-state index in [1.54, 1.807) is 0 Å². The minimum absolute atomic E-state index is 0.170. The number of piperidine rings is 1. The summed E-state index contributed by atoms with van der Waals surface area (Å²) in [5.74, 6) is -0.731. The van der Waals surface area contributed by atoms with Crippen LogP contribution in [0.4, 0.5) is 0 Å². The first-order valence-electron chi connectivity index (χ1n) is 4.75. The maximum atomic E-state index is 10.4. The fourth-order valence-corrected chi connectivity index (χ4v) is 1.77. The van der Waals surface area contributed by atoms with E-state index in [1.165, 1.54) is 0 Å². The van der Waals surface area contributed by atoms with E-state index in [1.807, 2.05) is 0 Å². The lowest BCUT2D eigenvalue weighted by Crippen LogP contribution is -2.51. The number of rotatable bonds is 3. The predicted molar refractivity (Wildman–Crippen MR) is 48.3 cm³/mol. The van der Waals surface area contributed by atoms with Crippen LogP contribution in [0.1, 0.15) is 19.3 Å². The Morgan fingerprint density at radius 2 is 2.00 bits per heavy atom. The number of nitrogens with zero attached hydrogens (tertiary/aromatic N) is 1. The Balaban J connectivity index is 2.34. The van der Waals surface area contributed by atoms with Crippen LogP contribution in [0.25, 0.3) is 0 Å². The van der Waals surface area contributed by atoms with Crippen molar-refractivity contribution in [3.05, 3.63) is 0 Å². The fraction of sp³-hybridized carbons (Fsp3) is 0.889. The van der Waals surface area contributed by atoms with Gasteiger partial charge in [0, 0.05) is 12.8 Å². The molecule has 0 saturated carbocycles. The summed E-state index contributed by atoms with van der Waals surface area (Å²) in [5, 5.41) is 17.8. The Bertz CT molecular complexity index is 185. The van der Waals surface area contributed by atoms with Crippen molar-refractivity contribution in [3.8, 4) is 0 Å². The first-order valence-corrected chi connectivity index (χ1v) is 4.75. The molecule has 13 heavy (non-hydrogen) atoms. The molecule has 76 valence electrons. The third-order valence-electron chi connectivity index (χ3n) is 2.87. The molecular formula is C9H18NO3+. The van der Waals surface area contributed by atoms with Crippen molar-refractivity contribution in [2.45, 2.75) is 25.4 Å². The van der Waals surface area contributed by atoms with Gasteiger partial charge in [-0.15, -0.1) is 0 Å². The van der Waals surface area contributed by atoms with Gasteiger partial charge in [-0.05, 0) is 0 Å². The standard InChI is InChI=1S/C9H17NO3/c1-10(7-4-9(12)13)5-2-8(11)3-6-10/h8,11H,2-7H2,1H3/p+1. The number of carbonyl (C=O) groups is 1. The highest BCUT2D eigenvalue weighted by atomic mass is 16.4. The normalized spacial score (nSPS) is 34.5. The largest absolute Gasteiger partial charge is 0.481 e. The van der Waals surface area contributed by atoms with Crippen LogP contribution in [0, 0.1) is 0 Å². The van der Waals surface area contributed by atoms with Crippen molar-refractivity contribution in [1.82, 2.24) is 0 Å².